The summed E-state index contributed by atoms with van der Waals surface area (Å²) in [6.45, 7) is 9.88. The van der Waals surface area contributed by atoms with E-state index < -0.39 is 0 Å². The van der Waals surface area contributed by atoms with Crippen molar-refractivity contribution >= 4 is 0 Å². The molecule has 0 spiro atoms. The molecule has 60 valence electrons. The number of hydrogen-bond acceptors (Lipinski definition) is 2. The van der Waals surface area contributed by atoms with Crippen LogP contribution >= 0.6 is 0 Å². The lowest BCUT2D eigenvalue weighted by molar-refractivity contribution is 0.928. The molecule has 0 aliphatic rings. The van der Waals surface area contributed by atoms with Crippen molar-refractivity contribution in [2.45, 2.75) is 34.6 Å². The van der Waals surface area contributed by atoms with Gasteiger partial charge in [-0.25, -0.2) is 0 Å². The Hall–Kier alpha value is -0.860. The minimum absolute atomic E-state index is 0.926. The van der Waals surface area contributed by atoms with Crippen molar-refractivity contribution < 1.29 is 0 Å². The Labute approximate surface area is 62.9 Å². The summed E-state index contributed by atoms with van der Waals surface area (Å²) in [4.78, 5) is 0. The zero-order valence-corrected chi connectivity index (χ0v) is 7.47. The van der Waals surface area contributed by atoms with Gasteiger partial charge < -0.3 is 0 Å². The average Bonchev–Trinajstić information content (AvgIpc) is 2.48. The second-order valence-corrected chi connectivity index (χ2v) is 1.11. The van der Waals surface area contributed by atoms with E-state index in [0.717, 1.165) is 5.69 Å². The van der Waals surface area contributed by atoms with Crippen molar-refractivity contribution in [3.8, 4) is 0 Å². The first-order valence-corrected chi connectivity index (χ1v) is 3.72. The Bertz CT molecular complexity index is 112. The fraction of sp³-hybridized carbons (Fsp3) is 0.714. The van der Waals surface area contributed by atoms with Crippen molar-refractivity contribution in [1.29, 1.82) is 0 Å². The predicted octanol–water partition coefficient (Wildman–Crippen LogP) is 2.17. The van der Waals surface area contributed by atoms with E-state index in [2.05, 4.69) is 15.4 Å². The summed E-state index contributed by atoms with van der Waals surface area (Å²) in [6.07, 6.45) is 1.67. The SMILES string of the molecule is CC.CC.Cc1cn[nH]n1. The smallest absolute Gasteiger partial charge is 0.0793 e. The molecule has 3 heteroatoms. The van der Waals surface area contributed by atoms with Crippen LogP contribution in [0.4, 0.5) is 0 Å². The minimum Gasteiger partial charge on any atom is -0.198 e. The van der Waals surface area contributed by atoms with E-state index in [0.29, 0.717) is 0 Å². The molecule has 0 saturated heterocycles. The Balaban J connectivity index is 0. The molecule has 0 aliphatic heterocycles. The van der Waals surface area contributed by atoms with Crippen LogP contribution in [0.5, 0.6) is 0 Å². The quantitative estimate of drug-likeness (QED) is 0.604. The standard InChI is InChI=1S/C3H5N3.2C2H6/c1-3-2-4-6-5-3;2*1-2/h2H,1H3,(H,4,5,6);2*1-2H3. The second kappa shape index (κ2) is 11.0. The van der Waals surface area contributed by atoms with Crippen LogP contribution in [-0.2, 0) is 0 Å². The summed E-state index contributed by atoms with van der Waals surface area (Å²) in [6, 6.07) is 0. The fourth-order valence-corrected chi connectivity index (χ4v) is 0.259. The van der Waals surface area contributed by atoms with Gasteiger partial charge in [0.1, 0.15) is 0 Å². The molecule has 0 fully saturated rings. The van der Waals surface area contributed by atoms with Gasteiger partial charge in [-0.15, -0.1) is 0 Å². The molecular formula is C7H17N3. The third kappa shape index (κ3) is 7.14. The normalized spacial score (nSPS) is 6.50. The van der Waals surface area contributed by atoms with Gasteiger partial charge in [0.15, 0.2) is 0 Å². The van der Waals surface area contributed by atoms with E-state index >= 15 is 0 Å². The van der Waals surface area contributed by atoms with E-state index in [-0.39, 0.29) is 0 Å². The van der Waals surface area contributed by atoms with Gasteiger partial charge >= 0.3 is 0 Å². The molecular weight excluding hydrogens is 126 g/mol. The first-order valence-electron chi connectivity index (χ1n) is 3.72. The van der Waals surface area contributed by atoms with Gasteiger partial charge in [0.25, 0.3) is 0 Å². The summed E-state index contributed by atoms with van der Waals surface area (Å²) in [5.74, 6) is 0. The van der Waals surface area contributed by atoms with E-state index in [1.165, 1.54) is 0 Å². The molecule has 0 aliphatic carbocycles. The summed E-state index contributed by atoms with van der Waals surface area (Å²) < 4.78 is 0. The van der Waals surface area contributed by atoms with Gasteiger partial charge in [0.05, 0.1) is 11.9 Å². The van der Waals surface area contributed by atoms with Crippen LogP contribution < -0.4 is 0 Å². The molecule has 1 N–H and O–H groups in total. The molecule has 3 nitrogen and oxygen atoms in total. The maximum absolute atomic E-state index is 3.68. The highest BCUT2D eigenvalue weighted by molar-refractivity contribution is 4.82. The van der Waals surface area contributed by atoms with Crippen molar-refractivity contribution in [3.63, 3.8) is 0 Å². The van der Waals surface area contributed by atoms with Gasteiger partial charge in [0, 0.05) is 0 Å². The first-order chi connectivity index (χ1) is 4.89. The minimum atomic E-state index is 0.926. The van der Waals surface area contributed by atoms with E-state index in [1.54, 1.807) is 6.20 Å². The van der Waals surface area contributed by atoms with Crippen LogP contribution in [0, 0.1) is 6.92 Å². The molecule has 0 radical (unpaired) electrons. The van der Waals surface area contributed by atoms with Gasteiger partial charge in [-0.2, -0.15) is 15.4 Å². The van der Waals surface area contributed by atoms with Crippen LogP contribution in [0.2, 0.25) is 0 Å². The summed E-state index contributed by atoms with van der Waals surface area (Å²) in [7, 11) is 0. The second-order valence-electron chi connectivity index (χ2n) is 1.11. The van der Waals surface area contributed by atoms with Gasteiger partial charge in [-0.05, 0) is 6.92 Å². The largest absolute Gasteiger partial charge is 0.198 e. The van der Waals surface area contributed by atoms with Crippen molar-refractivity contribution in [2.75, 3.05) is 0 Å². The van der Waals surface area contributed by atoms with Crippen LogP contribution in [0.25, 0.3) is 0 Å². The highest BCUT2D eigenvalue weighted by Crippen LogP contribution is 1.77. The Morgan fingerprint density at radius 2 is 1.70 bits per heavy atom. The Kier molecular flexibility index (Phi) is 13.1. The highest BCUT2D eigenvalue weighted by Gasteiger charge is 1.76. The van der Waals surface area contributed by atoms with E-state index in [4.69, 9.17) is 0 Å². The van der Waals surface area contributed by atoms with Crippen LogP contribution in [0.1, 0.15) is 33.4 Å². The summed E-state index contributed by atoms with van der Waals surface area (Å²) in [5, 5.41) is 9.70. The molecule has 0 atom stereocenters. The number of aromatic nitrogens is 3. The van der Waals surface area contributed by atoms with Crippen LogP contribution in [-0.4, -0.2) is 15.4 Å². The number of nitrogens with zero attached hydrogens (tertiary/aromatic N) is 2. The number of aromatic amines is 1. The number of nitrogens with one attached hydrogen (secondary N) is 1. The monoisotopic (exact) mass is 143 g/mol. The number of H-pyrrole nitrogens is 1. The van der Waals surface area contributed by atoms with Crippen molar-refractivity contribution in [3.05, 3.63) is 11.9 Å². The lowest BCUT2D eigenvalue weighted by Gasteiger charge is -1.62. The molecule has 1 aromatic heterocycles. The lowest BCUT2D eigenvalue weighted by atomic mass is 10.6. The number of aryl methyl sites for hydroxylation is 1. The van der Waals surface area contributed by atoms with Crippen molar-refractivity contribution in [2.24, 2.45) is 0 Å². The Morgan fingerprint density at radius 3 is 1.80 bits per heavy atom. The molecule has 0 saturated carbocycles. The molecule has 0 aromatic carbocycles. The maximum Gasteiger partial charge on any atom is 0.0793 e. The Morgan fingerprint density at radius 1 is 1.20 bits per heavy atom. The number of hydrogen-bond donors (Lipinski definition) is 1. The predicted molar refractivity (Wildman–Crippen MR) is 43.8 cm³/mol. The molecule has 1 aromatic rings. The third-order valence-corrected chi connectivity index (χ3v) is 0.535. The molecule has 0 amide bonds. The summed E-state index contributed by atoms with van der Waals surface area (Å²) in [5.41, 5.74) is 0.926. The first kappa shape index (κ1) is 11.9. The van der Waals surface area contributed by atoms with Gasteiger partial charge in [-0.3, -0.25) is 0 Å². The molecule has 10 heavy (non-hydrogen) atoms. The highest BCUT2D eigenvalue weighted by atomic mass is 15.3. The third-order valence-electron chi connectivity index (χ3n) is 0.535. The van der Waals surface area contributed by atoms with Gasteiger partial charge in [0.2, 0.25) is 0 Å². The lowest BCUT2D eigenvalue weighted by Crippen LogP contribution is -1.66. The van der Waals surface area contributed by atoms with E-state index in [9.17, 15) is 0 Å². The van der Waals surface area contributed by atoms with E-state index in [1.807, 2.05) is 34.6 Å². The summed E-state index contributed by atoms with van der Waals surface area (Å²) >= 11 is 0. The molecule has 1 rings (SSSR count). The zero-order chi connectivity index (χ0) is 8.41. The zero-order valence-electron chi connectivity index (χ0n) is 7.47. The van der Waals surface area contributed by atoms with Crippen LogP contribution in [0.3, 0.4) is 0 Å². The van der Waals surface area contributed by atoms with Crippen molar-refractivity contribution in [1.82, 2.24) is 15.4 Å². The topological polar surface area (TPSA) is 41.6 Å². The molecule has 0 unspecified atom stereocenters. The molecule has 0 bridgehead atoms. The van der Waals surface area contributed by atoms with Crippen LogP contribution in [0.15, 0.2) is 6.20 Å². The average molecular weight is 143 g/mol. The fourth-order valence-electron chi connectivity index (χ4n) is 0.259. The molecule has 1 heterocycles. The maximum atomic E-state index is 3.68. The number of rotatable bonds is 0. The van der Waals surface area contributed by atoms with Gasteiger partial charge in [-0.1, -0.05) is 27.7 Å².